The van der Waals surface area contributed by atoms with Gasteiger partial charge in [-0.2, -0.15) is 0 Å². The van der Waals surface area contributed by atoms with E-state index in [2.05, 4.69) is 27.9 Å². The van der Waals surface area contributed by atoms with Crippen LogP contribution in [0.25, 0.3) is 0 Å². The van der Waals surface area contributed by atoms with E-state index in [9.17, 15) is 19.2 Å². The van der Waals surface area contributed by atoms with Crippen molar-refractivity contribution in [2.24, 2.45) is 0 Å². The number of nitrogens with zero attached hydrogens (tertiary/aromatic N) is 1. The minimum Gasteiger partial charge on any atom is -0.606 e. The van der Waals surface area contributed by atoms with Crippen molar-refractivity contribution in [1.82, 2.24) is 0 Å². The van der Waals surface area contributed by atoms with Crippen molar-refractivity contribution >= 4 is 23.1 Å². The fourth-order valence-electron chi connectivity index (χ4n) is 4.61. The minimum atomic E-state index is -1.91. The van der Waals surface area contributed by atoms with Gasteiger partial charge in [0.25, 0.3) is 0 Å². The van der Waals surface area contributed by atoms with Crippen molar-refractivity contribution in [3.05, 3.63) is 59.7 Å². The van der Waals surface area contributed by atoms with Crippen LogP contribution in [0.1, 0.15) is 124 Å². The summed E-state index contributed by atoms with van der Waals surface area (Å²) in [6.07, 6.45) is 20.4. The first kappa shape index (κ1) is 36.7. The number of benzene rings is 2. The molecule has 6 nitrogen and oxygen atoms in total. The Hall–Kier alpha value is -2.35. The third kappa shape index (κ3) is 15.5. The van der Waals surface area contributed by atoms with Crippen LogP contribution in [0.2, 0.25) is 0 Å². The molecule has 0 aliphatic carbocycles. The van der Waals surface area contributed by atoms with Gasteiger partial charge in [0.15, 0.2) is 9.79 Å². The quantitative estimate of drug-likeness (QED) is 0.0983. The maximum atomic E-state index is 12.5. The monoisotopic (exact) mass is 587 g/mol. The fourth-order valence-corrected chi connectivity index (χ4v) is 5.96. The lowest BCUT2D eigenvalue weighted by Gasteiger charge is -2.28. The lowest BCUT2D eigenvalue weighted by Crippen LogP contribution is -2.39. The topological polar surface area (TPSA) is 100 Å². The van der Waals surface area contributed by atoms with Gasteiger partial charge >= 0.3 is 5.97 Å². The molecule has 0 saturated carbocycles. The number of rotatable bonds is 20. The first-order valence-corrected chi connectivity index (χ1v) is 16.7. The molecular formula is C34H53NO5S. The third-order valence-corrected chi connectivity index (χ3v) is 9.11. The van der Waals surface area contributed by atoms with Gasteiger partial charge in [-0.05, 0) is 44.0 Å². The Kier molecular flexibility index (Phi) is 19.1. The molecule has 1 N–H and O–H groups in total. The van der Waals surface area contributed by atoms with Crippen molar-refractivity contribution in [3.63, 3.8) is 0 Å². The van der Waals surface area contributed by atoms with Crippen molar-refractivity contribution in [2.45, 2.75) is 114 Å². The van der Waals surface area contributed by atoms with Gasteiger partial charge in [0, 0.05) is 11.2 Å². The van der Waals surface area contributed by atoms with Crippen LogP contribution in [-0.2, 0) is 11.2 Å². The number of carbonyl (C=O) groups is 2. The molecule has 7 heteroatoms. The smallest absolute Gasteiger partial charge is 0.340 e. The molecule has 2 aromatic carbocycles. The standard InChI is InChI=1S/C20H44N.C14H10O5S/c1-5-7-8-9-10-11-12-13-14-15-16-17-18-19-20-21(3,4)6-2;15-13(16)9-5-1-3-7-11(9)20(19)12-8-4-2-6-10(12)14(17)18/h5-20H2,1-4H3;1-8H,(H,15,16)(H,17,18)/q+1;/p-1. The largest absolute Gasteiger partial charge is 0.606 e. The number of carbonyl (C=O) groups excluding carboxylic acids is 1. The molecule has 0 aromatic heterocycles. The maximum Gasteiger partial charge on any atom is 0.340 e. The van der Waals surface area contributed by atoms with E-state index in [4.69, 9.17) is 5.11 Å². The lowest BCUT2D eigenvalue weighted by molar-refractivity contribution is -0.888. The first-order valence-electron chi connectivity index (χ1n) is 15.5. The van der Waals surface area contributed by atoms with E-state index in [-0.39, 0.29) is 20.9 Å². The van der Waals surface area contributed by atoms with Gasteiger partial charge in [-0.25, -0.2) is 4.79 Å². The van der Waals surface area contributed by atoms with Crippen molar-refractivity contribution in [3.8, 4) is 0 Å². The molecule has 0 amide bonds. The molecule has 230 valence electrons. The number of hydrogen-bond acceptors (Lipinski definition) is 4. The molecule has 0 bridgehead atoms. The first-order chi connectivity index (χ1) is 19.6. The van der Waals surface area contributed by atoms with E-state index in [0.717, 1.165) is 0 Å². The van der Waals surface area contributed by atoms with Crippen LogP contribution < -0.4 is 5.11 Å². The van der Waals surface area contributed by atoms with E-state index in [1.807, 2.05) is 0 Å². The molecule has 1 atom stereocenters. The van der Waals surface area contributed by atoms with Gasteiger partial charge in [-0.1, -0.05) is 108 Å². The van der Waals surface area contributed by atoms with Crippen LogP contribution in [-0.4, -0.2) is 53.3 Å². The highest BCUT2D eigenvalue weighted by Gasteiger charge is 2.25. The third-order valence-electron chi connectivity index (χ3n) is 7.60. The van der Waals surface area contributed by atoms with Gasteiger partial charge < -0.3 is 24.0 Å². The van der Waals surface area contributed by atoms with E-state index in [1.54, 1.807) is 6.07 Å². The molecular weight excluding hydrogens is 534 g/mol. The molecule has 0 spiro atoms. The van der Waals surface area contributed by atoms with Crippen LogP contribution >= 0.6 is 0 Å². The Bertz CT molecular complexity index is 953. The summed E-state index contributed by atoms with van der Waals surface area (Å²) in [6.45, 7) is 7.21. The molecule has 41 heavy (non-hydrogen) atoms. The highest BCUT2D eigenvalue weighted by atomic mass is 32.2. The zero-order valence-electron chi connectivity index (χ0n) is 25.9. The Balaban J connectivity index is 0.000000410. The molecule has 0 aliphatic heterocycles. The zero-order valence-corrected chi connectivity index (χ0v) is 26.7. The number of hydrogen-bond donors (Lipinski definition) is 1. The maximum absolute atomic E-state index is 12.5. The summed E-state index contributed by atoms with van der Waals surface area (Å²) in [5, 5.41) is 20.1. The highest BCUT2D eigenvalue weighted by Crippen LogP contribution is 2.26. The molecule has 1 unspecified atom stereocenters. The summed E-state index contributed by atoms with van der Waals surface area (Å²) in [4.78, 5) is 22.2. The summed E-state index contributed by atoms with van der Waals surface area (Å²) in [5.74, 6) is -2.68. The molecule has 0 saturated heterocycles. The van der Waals surface area contributed by atoms with Crippen LogP contribution in [0.4, 0.5) is 0 Å². The Labute approximate surface area is 251 Å². The molecule has 2 rings (SSSR count). The molecule has 0 fully saturated rings. The normalized spacial score (nSPS) is 11.9. The molecule has 0 heterocycles. The van der Waals surface area contributed by atoms with Gasteiger partial charge in [0.2, 0.25) is 0 Å². The second-order valence-corrected chi connectivity index (χ2v) is 12.8. The van der Waals surface area contributed by atoms with E-state index >= 15 is 0 Å². The second kappa shape index (κ2) is 21.4. The summed E-state index contributed by atoms with van der Waals surface area (Å²) < 4.78 is 13.6. The summed E-state index contributed by atoms with van der Waals surface area (Å²) in [7, 11) is 4.70. The van der Waals surface area contributed by atoms with Crippen LogP contribution in [0.5, 0.6) is 0 Å². The summed E-state index contributed by atoms with van der Waals surface area (Å²) >= 11 is -1.91. The molecule has 2 aromatic rings. The average molecular weight is 588 g/mol. The number of quaternary nitrogens is 1. The number of aromatic carboxylic acids is 2. The lowest BCUT2D eigenvalue weighted by atomic mass is 10.0. The zero-order chi connectivity index (χ0) is 30.5. The molecule has 0 radical (unpaired) electrons. The van der Waals surface area contributed by atoms with Gasteiger partial charge in [-0.15, -0.1) is 0 Å². The van der Waals surface area contributed by atoms with Gasteiger partial charge in [0.1, 0.15) is 5.56 Å². The predicted molar refractivity (Wildman–Crippen MR) is 167 cm³/mol. The Morgan fingerprint density at radius 3 is 1.49 bits per heavy atom. The highest BCUT2D eigenvalue weighted by molar-refractivity contribution is 7.91. The minimum absolute atomic E-state index is 0.0150. The number of unbranched alkanes of at least 4 members (excludes halogenated alkanes) is 13. The van der Waals surface area contributed by atoms with Crippen LogP contribution in [0.3, 0.4) is 0 Å². The predicted octanol–water partition coefficient (Wildman–Crippen LogP) is 7.48. The number of carboxylic acid groups (broad SMARTS) is 2. The van der Waals surface area contributed by atoms with E-state index < -0.39 is 23.1 Å². The van der Waals surface area contributed by atoms with Crippen molar-refractivity contribution in [1.29, 1.82) is 0 Å². The van der Waals surface area contributed by atoms with Gasteiger partial charge in [0.05, 0.1) is 38.7 Å². The van der Waals surface area contributed by atoms with E-state index in [0.29, 0.717) is 0 Å². The average Bonchev–Trinajstić information content (AvgIpc) is 2.97. The summed E-state index contributed by atoms with van der Waals surface area (Å²) in [5.41, 5.74) is -0.343. The summed E-state index contributed by atoms with van der Waals surface area (Å²) in [6, 6.07) is 11.4. The van der Waals surface area contributed by atoms with Crippen molar-refractivity contribution < 1.29 is 28.8 Å². The second-order valence-electron chi connectivity index (χ2n) is 11.4. The Morgan fingerprint density at radius 1 is 0.683 bits per heavy atom. The van der Waals surface area contributed by atoms with Crippen LogP contribution in [0.15, 0.2) is 58.3 Å². The fraction of sp³-hybridized carbons (Fsp3) is 0.588. The SMILES string of the molecule is CCCCCCCCCCCCCCCC[N+](C)(C)CC.O=C([O-])c1ccccc1[S+]([O-])c1ccccc1C(=O)O. The number of carboxylic acids is 2. The molecule has 0 aliphatic rings. The van der Waals surface area contributed by atoms with Crippen molar-refractivity contribution in [2.75, 3.05) is 27.2 Å². The Morgan fingerprint density at radius 2 is 1.07 bits per heavy atom. The van der Waals surface area contributed by atoms with E-state index in [1.165, 1.54) is 150 Å². The van der Waals surface area contributed by atoms with Gasteiger partial charge in [-0.3, -0.25) is 0 Å². The van der Waals surface area contributed by atoms with Crippen LogP contribution in [0, 0.1) is 0 Å².